The van der Waals surface area contributed by atoms with Gasteiger partial charge in [-0.3, -0.25) is 4.79 Å². The fraction of sp³-hybridized carbons (Fsp3) is 0. The third-order valence-corrected chi connectivity index (χ3v) is 3.95. The number of carbonyl (C=O) groups is 2. The number of hydrogen-bond donors (Lipinski definition) is 2. The van der Waals surface area contributed by atoms with Crippen molar-refractivity contribution in [2.24, 2.45) is 0 Å². The highest BCUT2D eigenvalue weighted by atomic mass is 35.5. The molecule has 3 aromatic rings. The quantitative estimate of drug-likeness (QED) is 0.687. The summed E-state index contributed by atoms with van der Waals surface area (Å²) in [6, 6.07) is 19.4. The molecule has 0 unspecified atom stereocenters. The molecule has 5 heteroatoms. The molecule has 0 aliphatic carbocycles. The number of carboxylic acids is 1. The Morgan fingerprint density at radius 2 is 1.60 bits per heavy atom. The molecule has 0 saturated carbocycles. The second-order valence-electron chi connectivity index (χ2n) is 5.40. The van der Waals surface area contributed by atoms with Crippen LogP contribution in [0.5, 0.6) is 0 Å². The molecule has 0 bridgehead atoms. The van der Waals surface area contributed by atoms with E-state index in [1.165, 1.54) is 6.08 Å². The Morgan fingerprint density at radius 1 is 0.920 bits per heavy atom. The van der Waals surface area contributed by atoms with Crippen LogP contribution in [0.2, 0.25) is 5.02 Å². The Kier molecular flexibility index (Phi) is 4.82. The number of carboxylic acid groups (broad SMARTS) is 1. The number of halogens is 1. The smallest absolute Gasteiger partial charge is 0.352 e. The highest BCUT2D eigenvalue weighted by Gasteiger charge is 2.15. The number of benzene rings is 3. The Bertz CT molecular complexity index is 972. The summed E-state index contributed by atoms with van der Waals surface area (Å²) in [6.07, 6.45) is 1.39. The van der Waals surface area contributed by atoms with Gasteiger partial charge in [0.2, 0.25) is 0 Å². The first-order valence-electron chi connectivity index (χ1n) is 7.54. The van der Waals surface area contributed by atoms with E-state index in [-0.39, 0.29) is 5.70 Å². The monoisotopic (exact) mass is 351 g/mol. The van der Waals surface area contributed by atoms with Crippen molar-refractivity contribution >= 4 is 40.3 Å². The summed E-state index contributed by atoms with van der Waals surface area (Å²) in [5.41, 5.74) is 0.835. The van der Waals surface area contributed by atoms with E-state index in [0.29, 0.717) is 16.1 Å². The van der Waals surface area contributed by atoms with Gasteiger partial charge in [-0.1, -0.05) is 60.1 Å². The van der Waals surface area contributed by atoms with Gasteiger partial charge in [-0.15, -0.1) is 0 Å². The van der Waals surface area contributed by atoms with Gasteiger partial charge in [-0.25, -0.2) is 4.79 Å². The third-order valence-electron chi connectivity index (χ3n) is 3.69. The molecule has 2 N–H and O–H groups in total. The summed E-state index contributed by atoms with van der Waals surface area (Å²) in [7, 11) is 0. The van der Waals surface area contributed by atoms with Crippen molar-refractivity contribution in [2.45, 2.75) is 0 Å². The maximum atomic E-state index is 12.6. The molecule has 0 spiro atoms. The van der Waals surface area contributed by atoms with Crippen LogP contribution >= 0.6 is 11.6 Å². The van der Waals surface area contributed by atoms with Crippen molar-refractivity contribution in [3.63, 3.8) is 0 Å². The molecule has 3 aromatic carbocycles. The molecule has 0 saturated heterocycles. The van der Waals surface area contributed by atoms with Gasteiger partial charge < -0.3 is 10.4 Å². The molecule has 124 valence electrons. The normalized spacial score (nSPS) is 11.3. The molecule has 0 heterocycles. The number of aliphatic carboxylic acids is 1. The Balaban J connectivity index is 1.93. The molecule has 0 aliphatic rings. The Morgan fingerprint density at radius 3 is 2.32 bits per heavy atom. The van der Waals surface area contributed by atoms with E-state index in [4.69, 9.17) is 11.6 Å². The van der Waals surface area contributed by atoms with Crippen LogP contribution in [-0.4, -0.2) is 17.0 Å². The number of hydrogen-bond acceptors (Lipinski definition) is 2. The lowest BCUT2D eigenvalue weighted by Gasteiger charge is -2.09. The summed E-state index contributed by atoms with van der Waals surface area (Å²) in [5, 5.41) is 14.1. The van der Waals surface area contributed by atoms with Crippen LogP contribution in [0.25, 0.3) is 16.8 Å². The van der Waals surface area contributed by atoms with Gasteiger partial charge in [0, 0.05) is 10.6 Å². The zero-order valence-electron chi connectivity index (χ0n) is 13.1. The largest absolute Gasteiger partial charge is 0.477 e. The maximum Gasteiger partial charge on any atom is 0.352 e. The second-order valence-corrected chi connectivity index (χ2v) is 5.83. The molecular weight excluding hydrogens is 338 g/mol. The van der Waals surface area contributed by atoms with Crippen molar-refractivity contribution in [2.75, 3.05) is 0 Å². The molecular formula is C20H14ClNO3. The van der Waals surface area contributed by atoms with Gasteiger partial charge in [0.25, 0.3) is 5.91 Å². The molecule has 0 atom stereocenters. The van der Waals surface area contributed by atoms with E-state index in [0.717, 1.165) is 10.8 Å². The van der Waals surface area contributed by atoms with E-state index >= 15 is 0 Å². The predicted molar refractivity (Wildman–Crippen MR) is 98.5 cm³/mol. The van der Waals surface area contributed by atoms with Crippen molar-refractivity contribution in [1.82, 2.24) is 5.32 Å². The van der Waals surface area contributed by atoms with Gasteiger partial charge in [0.15, 0.2) is 0 Å². The molecule has 0 fully saturated rings. The third kappa shape index (κ3) is 3.87. The number of nitrogens with one attached hydrogen (secondary N) is 1. The number of amides is 1. The van der Waals surface area contributed by atoms with Crippen LogP contribution < -0.4 is 5.32 Å². The summed E-state index contributed by atoms with van der Waals surface area (Å²) in [5.74, 6) is -1.69. The molecule has 0 aromatic heterocycles. The van der Waals surface area contributed by atoms with Crippen LogP contribution in [0.1, 0.15) is 15.9 Å². The van der Waals surface area contributed by atoms with Gasteiger partial charge in [0.05, 0.1) is 0 Å². The van der Waals surface area contributed by atoms with E-state index < -0.39 is 11.9 Å². The molecule has 25 heavy (non-hydrogen) atoms. The maximum absolute atomic E-state index is 12.6. The molecule has 0 aliphatic heterocycles. The van der Waals surface area contributed by atoms with Crippen LogP contribution in [0.3, 0.4) is 0 Å². The minimum absolute atomic E-state index is 0.208. The second kappa shape index (κ2) is 7.20. The molecule has 3 rings (SSSR count). The SMILES string of the molecule is O=C(O)C(=Cc1ccc(Cl)cc1)NC(=O)c1cccc2ccccc12. The van der Waals surface area contributed by atoms with E-state index in [1.807, 2.05) is 30.3 Å². The average Bonchev–Trinajstić information content (AvgIpc) is 2.62. The lowest BCUT2D eigenvalue weighted by molar-refractivity contribution is -0.132. The van der Waals surface area contributed by atoms with Gasteiger partial charge >= 0.3 is 5.97 Å². The average molecular weight is 352 g/mol. The topological polar surface area (TPSA) is 66.4 Å². The van der Waals surface area contributed by atoms with Crippen LogP contribution in [0, 0.1) is 0 Å². The first kappa shape index (κ1) is 16.7. The first-order chi connectivity index (χ1) is 12.0. The lowest BCUT2D eigenvalue weighted by Crippen LogP contribution is -2.27. The number of fused-ring (bicyclic) bond motifs is 1. The predicted octanol–water partition coefficient (Wildman–Crippen LogP) is 4.35. The van der Waals surface area contributed by atoms with E-state index in [9.17, 15) is 14.7 Å². The fourth-order valence-corrected chi connectivity index (χ4v) is 2.62. The zero-order valence-corrected chi connectivity index (χ0v) is 13.8. The van der Waals surface area contributed by atoms with Crippen LogP contribution in [-0.2, 0) is 4.79 Å². The minimum Gasteiger partial charge on any atom is -0.477 e. The summed E-state index contributed by atoms with van der Waals surface area (Å²) in [6.45, 7) is 0. The number of carbonyl (C=O) groups excluding carboxylic acids is 1. The zero-order chi connectivity index (χ0) is 17.8. The van der Waals surface area contributed by atoms with Gasteiger partial charge in [0.1, 0.15) is 5.70 Å². The van der Waals surface area contributed by atoms with Crippen LogP contribution in [0.15, 0.2) is 72.4 Å². The first-order valence-corrected chi connectivity index (χ1v) is 7.92. The van der Waals surface area contributed by atoms with E-state index in [2.05, 4.69) is 5.32 Å². The number of rotatable bonds is 4. The van der Waals surface area contributed by atoms with Gasteiger partial charge in [-0.2, -0.15) is 0 Å². The van der Waals surface area contributed by atoms with Crippen LogP contribution in [0.4, 0.5) is 0 Å². The lowest BCUT2D eigenvalue weighted by atomic mass is 10.0. The minimum atomic E-state index is -1.22. The van der Waals surface area contributed by atoms with Gasteiger partial charge in [-0.05, 0) is 40.6 Å². The van der Waals surface area contributed by atoms with Crippen molar-refractivity contribution in [3.8, 4) is 0 Å². The molecule has 0 radical (unpaired) electrons. The van der Waals surface area contributed by atoms with Crippen molar-refractivity contribution in [1.29, 1.82) is 0 Å². The summed E-state index contributed by atoms with van der Waals surface area (Å²) >= 11 is 5.82. The van der Waals surface area contributed by atoms with Crippen molar-refractivity contribution < 1.29 is 14.7 Å². The highest BCUT2D eigenvalue weighted by Crippen LogP contribution is 2.19. The highest BCUT2D eigenvalue weighted by molar-refractivity contribution is 6.30. The Hall–Kier alpha value is -3.11. The summed E-state index contributed by atoms with van der Waals surface area (Å²) < 4.78 is 0. The molecule has 1 amide bonds. The molecule has 4 nitrogen and oxygen atoms in total. The Labute approximate surface area is 149 Å². The summed E-state index contributed by atoms with van der Waals surface area (Å²) in [4.78, 5) is 24.1. The fourth-order valence-electron chi connectivity index (χ4n) is 2.49. The van der Waals surface area contributed by atoms with Crippen molar-refractivity contribution in [3.05, 3.63) is 88.6 Å². The standard InChI is InChI=1S/C20H14ClNO3/c21-15-10-8-13(9-11-15)12-18(20(24)25)22-19(23)17-7-3-5-14-4-1-2-6-16(14)17/h1-12H,(H,22,23)(H,24,25). The van der Waals surface area contributed by atoms with E-state index in [1.54, 1.807) is 36.4 Å².